The number of nitrogens with one attached hydrogen (secondary N) is 1. The molecule has 32 heavy (non-hydrogen) atoms. The normalized spacial score (nSPS) is 14.2. The lowest BCUT2D eigenvalue weighted by Crippen LogP contribution is -2.28. The molecule has 1 N–H and O–H groups in total. The zero-order valence-electron chi connectivity index (χ0n) is 17.3. The molecule has 1 heterocycles. The summed E-state index contributed by atoms with van der Waals surface area (Å²) in [6.45, 7) is -0.925. The molecule has 0 bridgehead atoms. The van der Waals surface area contributed by atoms with E-state index >= 15 is 0 Å². The van der Waals surface area contributed by atoms with E-state index in [-0.39, 0.29) is 35.4 Å². The van der Waals surface area contributed by atoms with Gasteiger partial charge in [0.15, 0.2) is 23.8 Å². The number of hydrogen-bond acceptors (Lipinski definition) is 7. The van der Waals surface area contributed by atoms with Gasteiger partial charge in [-0.15, -0.1) is 0 Å². The van der Waals surface area contributed by atoms with E-state index in [2.05, 4.69) is 15.0 Å². The molecule has 1 aliphatic heterocycles. The van der Waals surface area contributed by atoms with E-state index in [1.807, 2.05) is 0 Å². The van der Waals surface area contributed by atoms with Crippen LogP contribution in [0.15, 0.2) is 53.2 Å². The first-order valence-corrected chi connectivity index (χ1v) is 9.55. The quantitative estimate of drug-likeness (QED) is 0.470. The Morgan fingerprint density at radius 1 is 1.19 bits per heavy atom. The van der Waals surface area contributed by atoms with Gasteiger partial charge in [-0.25, -0.2) is 9.79 Å². The standard InChI is InChI=1S/C22H20F2N2O6/c1-3-25-19(27)12-30-17-9-8-13(11-18(17)29-2)10-15-21(28)32-20(26-15)14-6-4-5-7-16(14)31-22(23)24/h4-11,22H,3,12H2,1-2H3,(H,25,27). The van der Waals surface area contributed by atoms with Gasteiger partial charge in [0, 0.05) is 6.54 Å². The SMILES string of the molecule is CCNC(=O)COc1ccc(C=C2N=C(c3ccccc3OC(F)F)OC2=O)cc1OC. The van der Waals surface area contributed by atoms with Crippen molar-refractivity contribution in [2.24, 2.45) is 4.99 Å². The minimum atomic E-state index is -3.04. The second-order valence-electron chi connectivity index (χ2n) is 6.36. The van der Waals surface area contributed by atoms with E-state index in [4.69, 9.17) is 14.2 Å². The summed E-state index contributed by atoms with van der Waals surface area (Å²) < 4.78 is 45.6. The fourth-order valence-corrected chi connectivity index (χ4v) is 2.81. The van der Waals surface area contributed by atoms with Gasteiger partial charge in [0.05, 0.1) is 12.7 Å². The highest BCUT2D eigenvalue weighted by molar-refractivity contribution is 6.13. The molecular weight excluding hydrogens is 426 g/mol. The van der Waals surface area contributed by atoms with Gasteiger partial charge in [-0.3, -0.25) is 4.79 Å². The highest BCUT2D eigenvalue weighted by Crippen LogP contribution is 2.30. The van der Waals surface area contributed by atoms with Crippen LogP contribution in [0.2, 0.25) is 0 Å². The van der Waals surface area contributed by atoms with Crippen LogP contribution in [-0.4, -0.2) is 44.6 Å². The van der Waals surface area contributed by atoms with E-state index in [1.54, 1.807) is 31.2 Å². The van der Waals surface area contributed by atoms with Crippen molar-refractivity contribution in [1.29, 1.82) is 0 Å². The lowest BCUT2D eigenvalue weighted by Gasteiger charge is -2.11. The van der Waals surface area contributed by atoms with Crippen LogP contribution in [0, 0.1) is 0 Å². The third-order valence-corrected chi connectivity index (χ3v) is 4.18. The van der Waals surface area contributed by atoms with Crippen LogP contribution in [0.5, 0.6) is 17.2 Å². The molecule has 0 aliphatic carbocycles. The van der Waals surface area contributed by atoms with Crippen molar-refractivity contribution in [3.63, 3.8) is 0 Å². The fourth-order valence-electron chi connectivity index (χ4n) is 2.81. The number of halogens is 2. The number of benzene rings is 2. The number of methoxy groups -OCH3 is 1. The topological polar surface area (TPSA) is 95.5 Å². The van der Waals surface area contributed by atoms with Gasteiger partial charge >= 0.3 is 12.6 Å². The Morgan fingerprint density at radius 3 is 2.69 bits per heavy atom. The molecule has 0 fully saturated rings. The highest BCUT2D eigenvalue weighted by Gasteiger charge is 2.27. The van der Waals surface area contributed by atoms with Gasteiger partial charge in [0.1, 0.15) is 5.75 Å². The van der Waals surface area contributed by atoms with Crippen LogP contribution in [0.4, 0.5) is 8.78 Å². The van der Waals surface area contributed by atoms with Crippen LogP contribution in [0.1, 0.15) is 18.1 Å². The number of likely N-dealkylation sites (N-methyl/N-ethyl adjacent to an activating group) is 1. The summed E-state index contributed by atoms with van der Waals surface area (Å²) in [5.74, 6) is -0.640. The Balaban J connectivity index is 1.83. The van der Waals surface area contributed by atoms with Crippen LogP contribution in [0.25, 0.3) is 6.08 Å². The van der Waals surface area contributed by atoms with E-state index in [1.165, 1.54) is 31.4 Å². The van der Waals surface area contributed by atoms with Crippen LogP contribution in [0.3, 0.4) is 0 Å². The van der Waals surface area contributed by atoms with Crippen molar-refractivity contribution >= 4 is 23.9 Å². The maximum absolute atomic E-state index is 12.6. The molecule has 2 aromatic carbocycles. The van der Waals surface area contributed by atoms with Crippen LogP contribution < -0.4 is 19.5 Å². The molecule has 168 valence electrons. The number of para-hydroxylation sites is 1. The first-order chi connectivity index (χ1) is 15.4. The zero-order chi connectivity index (χ0) is 23.1. The molecule has 8 nitrogen and oxygen atoms in total. The summed E-state index contributed by atoms with van der Waals surface area (Å²) >= 11 is 0. The highest BCUT2D eigenvalue weighted by atomic mass is 19.3. The summed E-state index contributed by atoms with van der Waals surface area (Å²) in [6.07, 6.45) is 1.45. The number of hydrogen-bond donors (Lipinski definition) is 1. The Labute approximate surface area is 182 Å². The number of nitrogens with zero attached hydrogens (tertiary/aromatic N) is 1. The maximum atomic E-state index is 12.6. The van der Waals surface area contributed by atoms with E-state index in [0.29, 0.717) is 23.6 Å². The Hall–Kier alpha value is -3.95. The summed E-state index contributed by atoms with van der Waals surface area (Å²) in [5, 5.41) is 2.62. The number of esters is 1. The molecule has 1 amide bonds. The van der Waals surface area contributed by atoms with Gasteiger partial charge < -0.3 is 24.3 Å². The number of aliphatic imine (C=N–C) groups is 1. The number of carbonyl (C=O) groups is 2. The fraction of sp³-hybridized carbons (Fsp3) is 0.227. The molecule has 1 aliphatic rings. The summed E-state index contributed by atoms with van der Waals surface area (Å²) in [7, 11) is 1.44. The molecule has 10 heteroatoms. The number of amides is 1. The summed E-state index contributed by atoms with van der Waals surface area (Å²) in [4.78, 5) is 28.0. The molecule has 0 saturated carbocycles. The predicted octanol–water partition coefficient (Wildman–Crippen LogP) is 3.16. The van der Waals surface area contributed by atoms with Crippen molar-refractivity contribution in [3.8, 4) is 17.2 Å². The van der Waals surface area contributed by atoms with Crippen molar-refractivity contribution in [2.45, 2.75) is 13.5 Å². The molecule has 0 unspecified atom stereocenters. The second kappa shape index (κ2) is 10.4. The third kappa shape index (κ3) is 5.60. The second-order valence-corrected chi connectivity index (χ2v) is 6.36. The van der Waals surface area contributed by atoms with Crippen LogP contribution in [-0.2, 0) is 14.3 Å². The summed E-state index contributed by atoms with van der Waals surface area (Å²) in [5.41, 5.74) is 0.627. The van der Waals surface area contributed by atoms with Crippen molar-refractivity contribution in [3.05, 3.63) is 59.3 Å². The number of alkyl halides is 2. The Bertz CT molecular complexity index is 1070. The lowest BCUT2D eigenvalue weighted by molar-refractivity contribution is -0.130. The van der Waals surface area contributed by atoms with Crippen molar-refractivity contribution in [2.75, 3.05) is 20.3 Å². The van der Waals surface area contributed by atoms with E-state index in [9.17, 15) is 18.4 Å². The van der Waals surface area contributed by atoms with Crippen molar-refractivity contribution < 1.29 is 37.3 Å². The predicted molar refractivity (Wildman–Crippen MR) is 111 cm³/mol. The lowest BCUT2D eigenvalue weighted by atomic mass is 10.1. The Kier molecular flexibility index (Phi) is 7.37. The van der Waals surface area contributed by atoms with Gasteiger partial charge in [-0.2, -0.15) is 8.78 Å². The monoisotopic (exact) mass is 446 g/mol. The van der Waals surface area contributed by atoms with Gasteiger partial charge in [-0.05, 0) is 42.8 Å². The molecule has 2 aromatic rings. The zero-order valence-corrected chi connectivity index (χ0v) is 17.3. The number of carbonyl (C=O) groups excluding carboxylic acids is 2. The van der Waals surface area contributed by atoms with Gasteiger partial charge in [0.25, 0.3) is 5.91 Å². The average molecular weight is 446 g/mol. The average Bonchev–Trinajstić information content (AvgIpc) is 3.12. The third-order valence-electron chi connectivity index (χ3n) is 4.18. The largest absolute Gasteiger partial charge is 0.493 e. The van der Waals surface area contributed by atoms with E-state index in [0.717, 1.165) is 0 Å². The van der Waals surface area contributed by atoms with E-state index < -0.39 is 12.6 Å². The smallest absolute Gasteiger partial charge is 0.387 e. The number of ether oxygens (including phenoxy) is 4. The maximum Gasteiger partial charge on any atom is 0.387 e. The molecule has 0 aromatic heterocycles. The molecule has 0 spiro atoms. The summed E-state index contributed by atoms with van der Waals surface area (Å²) in [6, 6.07) is 10.7. The molecule has 0 saturated heterocycles. The minimum absolute atomic E-state index is 0.0371. The Morgan fingerprint density at radius 2 is 1.97 bits per heavy atom. The first kappa shape index (κ1) is 22.7. The van der Waals surface area contributed by atoms with Gasteiger partial charge in [-0.1, -0.05) is 18.2 Å². The number of rotatable bonds is 9. The molecule has 0 radical (unpaired) electrons. The minimum Gasteiger partial charge on any atom is -0.493 e. The molecule has 3 rings (SSSR count). The molecular formula is C22H20F2N2O6. The van der Waals surface area contributed by atoms with Gasteiger partial charge in [0.2, 0.25) is 5.90 Å². The molecule has 0 atom stereocenters. The van der Waals surface area contributed by atoms with Crippen molar-refractivity contribution in [1.82, 2.24) is 5.32 Å². The van der Waals surface area contributed by atoms with Crippen LogP contribution >= 0.6 is 0 Å². The first-order valence-electron chi connectivity index (χ1n) is 9.55. The number of cyclic esters (lactones) is 1.